The van der Waals surface area contributed by atoms with Crippen molar-refractivity contribution in [2.45, 2.75) is 11.9 Å². The molecule has 0 aliphatic carbocycles. The third-order valence-corrected chi connectivity index (χ3v) is 3.31. The lowest BCUT2D eigenvalue weighted by Crippen LogP contribution is -2.00. The van der Waals surface area contributed by atoms with Gasteiger partial charge < -0.3 is 9.47 Å². The number of halogens is 2. The summed E-state index contributed by atoms with van der Waals surface area (Å²) >= 11 is 3.32. The number of alkyl halides is 1. The van der Waals surface area contributed by atoms with Crippen LogP contribution in [0.5, 0.6) is 11.5 Å². The van der Waals surface area contributed by atoms with Gasteiger partial charge in [0.15, 0.2) is 11.6 Å². The molecule has 0 heterocycles. The molecule has 0 bridgehead atoms. The molecule has 2 aromatic rings. The van der Waals surface area contributed by atoms with E-state index in [0.29, 0.717) is 17.7 Å². The second kappa shape index (κ2) is 6.57. The van der Waals surface area contributed by atoms with Gasteiger partial charge in [0.1, 0.15) is 12.4 Å². The van der Waals surface area contributed by atoms with Crippen molar-refractivity contribution in [3.05, 3.63) is 59.4 Å². The second-order valence-corrected chi connectivity index (χ2v) is 4.56. The van der Waals surface area contributed by atoms with Gasteiger partial charge in [0, 0.05) is 10.9 Å². The Morgan fingerprint density at radius 1 is 1.16 bits per heavy atom. The SMILES string of the molecule is COc1cccc(COc2c(F)cccc2CBr)c1. The van der Waals surface area contributed by atoms with E-state index in [1.165, 1.54) is 6.07 Å². The lowest BCUT2D eigenvalue weighted by molar-refractivity contribution is 0.287. The van der Waals surface area contributed by atoms with E-state index in [1.807, 2.05) is 30.3 Å². The van der Waals surface area contributed by atoms with Crippen molar-refractivity contribution in [2.75, 3.05) is 7.11 Å². The van der Waals surface area contributed by atoms with Crippen molar-refractivity contribution in [1.82, 2.24) is 0 Å². The lowest BCUT2D eigenvalue weighted by atomic mass is 10.2. The Labute approximate surface area is 120 Å². The molecule has 0 aliphatic rings. The summed E-state index contributed by atoms with van der Waals surface area (Å²) < 4.78 is 24.4. The summed E-state index contributed by atoms with van der Waals surface area (Å²) in [5, 5.41) is 0.554. The van der Waals surface area contributed by atoms with Crippen LogP contribution in [0, 0.1) is 5.82 Å². The molecule has 0 aliphatic heterocycles. The maximum absolute atomic E-state index is 13.7. The minimum Gasteiger partial charge on any atom is -0.497 e. The van der Waals surface area contributed by atoms with Crippen LogP contribution >= 0.6 is 15.9 Å². The highest BCUT2D eigenvalue weighted by molar-refractivity contribution is 9.08. The Kier molecular flexibility index (Phi) is 4.80. The van der Waals surface area contributed by atoms with Gasteiger partial charge in [-0.05, 0) is 23.8 Å². The molecule has 0 saturated heterocycles. The molecule has 2 rings (SSSR count). The van der Waals surface area contributed by atoms with Crippen LogP contribution in [0.1, 0.15) is 11.1 Å². The fourth-order valence-corrected chi connectivity index (χ4v) is 2.18. The zero-order chi connectivity index (χ0) is 13.7. The van der Waals surface area contributed by atoms with Gasteiger partial charge >= 0.3 is 0 Å². The van der Waals surface area contributed by atoms with E-state index in [-0.39, 0.29) is 5.82 Å². The first kappa shape index (κ1) is 13.9. The van der Waals surface area contributed by atoms with Crippen LogP contribution in [0.4, 0.5) is 4.39 Å². The number of ether oxygens (including phenoxy) is 2. The highest BCUT2D eigenvalue weighted by Crippen LogP contribution is 2.26. The molecule has 0 radical (unpaired) electrons. The first-order valence-corrected chi connectivity index (χ1v) is 6.96. The molecule has 2 aromatic carbocycles. The van der Waals surface area contributed by atoms with Crippen LogP contribution in [-0.2, 0) is 11.9 Å². The highest BCUT2D eigenvalue weighted by Gasteiger charge is 2.09. The van der Waals surface area contributed by atoms with Crippen LogP contribution in [0.2, 0.25) is 0 Å². The van der Waals surface area contributed by atoms with Crippen molar-refractivity contribution >= 4 is 15.9 Å². The van der Waals surface area contributed by atoms with Crippen molar-refractivity contribution < 1.29 is 13.9 Å². The van der Waals surface area contributed by atoms with Crippen molar-refractivity contribution in [1.29, 1.82) is 0 Å². The van der Waals surface area contributed by atoms with Gasteiger partial charge in [-0.2, -0.15) is 0 Å². The van der Waals surface area contributed by atoms with Gasteiger partial charge in [0.25, 0.3) is 0 Å². The molecular weight excluding hydrogens is 311 g/mol. The monoisotopic (exact) mass is 324 g/mol. The van der Waals surface area contributed by atoms with E-state index in [4.69, 9.17) is 9.47 Å². The fraction of sp³-hybridized carbons (Fsp3) is 0.200. The molecule has 0 atom stereocenters. The number of hydrogen-bond donors (Lipinski definition) is 0. The summed E-state index contributed by atoms with van der Waals surface area (Å²) in [7, 11) is 1.61. The summed E-state index contributed by atoms with van der Waals surface area (Å²) in [6, 6.07) is 12.4. The first-order valence-electron chi connectivity index (χ1n) is 5.83. The number of methoxy groups -OCH3 is 1. The maximum atomic E-state index is 13.7. The van der Waals surface area contributed by atoms with Crippen LogP contribution in [0.3, 0.4) is 0 Å². The van der Waals surface area contributed by atoms with Gasteiger partial charge in [-0.1, -0.05) is 40.2 Å². The van der Waals surface area contributed by atoms with Crippen LogP contribution in [0.25, 0.3) is 0 Å². The molecule has 4 heteroatoms. The first-order chi connectivity index (χ1) is 9.24. The average Bonchev–Trinajstić information content (AvgIpc) is 2.46. The fourth-order valence-electron chi connectivity index (χ4n) is 1.74. The Balaban J connectivity index is 2.14. The van der Waals surface area contributed by atoms with Crippen LogP contribution in [0.15, 0.2) is 42.5 Å². The molecule has 0 spiro atoms. The summed E-state index contributed by atoms with van der Waals surface area (Å²) in [6.07, 6.45) is 0. The highest BCUT2D eigenvalue weighted by atomic mass is 79.9. The molecule has 0 saturated carbocycles. The van der Waals surface area contributed by atoms with Gasteiger partial charge in [-0.15, -0.1) is 0 Å². The number of hydrogen-bond acceptors (Lipinski definition) is 2. The standard InChI is InChI=1S/C15H14BrFO2/c1-18-13-6-2-4-11(8-13)10-19-15-12(9-16)5-3-7-14(15)17/h2-8H,9-10H2,1H3. The van der Waals surface area contributed by atoms with E-state index >= 15 is 0 Å². The Morgan fingerprint density at radius 3 is 2.68 bits per heavy atom. The normalized spacial score (nSPS) is 10.3. The van der Waals surface area contributed by atoms with E-state index < -0.39 is 0 Å². The molecule has 0 unspecified atom stereocenters. The van der Waals surface area contributed by atoms with E-state index in [0.717, 1.165) is 16.9 Å². The third-order valence-electron chi connectivity index (χ3n) is 2.71. The summed E-state index contributed by atoms with van der Waals surface area (Å²) in [5.41, 5.74) is 1.73. The zero-order valence-electron chi connectivity index (χ0n) is 10.5. The molecule has 2 nitrogen and oxygen atoms in total. The predicted octanol–water partition coefficient (Wildman–Crippen LogP) is 4.31. The van der Waals surface area contributed by atoms with Gasteiger partial charge in [0.2, 0.25) is 0 Å². The minimum atomic E-state index is -0.347. The lowest BCUT2D eigenvalue weighted by Gasteiger charge is -2.11. The Bertz CT molecular complexity index is 558. The minimum absolute atomic E-state index is 0.294. The molecule has 0 aromatic heterocycles. The van der Waals surface area contributed by atoms with Crippen molar-refractivity contribution in [3.8, 4) is 11.5 Å². The van der Waals surface area contributed by atoms with E-state index in [2.05, 4.69) is 15.9 Å². The quantitative estimate of drug-likeness (QED) is 0.763. The largest absolute Gasteiger partial charge is 0.497 e. The van der Waals surface area contributed by atoms with Crippen molar-refractivity contribution in [2.24, 2.45) is 0 Å². The smallest absolute Gasteiger partial charge is 0.165 e. The molecule has 0 amide bonds. The molecule has 100 valence electrons. The topological polar surface area (TPSA) is 18.5 Å². The van der Waals surface area contributed by atoms with Crippen LogP contribution in [-0.4, -0.2) is 7.11 Å². The Hall–Kier alpha value is -1.55. The van der Waals surface area contributed by atoms with E-state index in [9.17, 15) is 4.39 Å². The maximum Gasteiger partial charge on any atom is 0.165 e. The third kappa shape index (κ3) is 3.47. The Morgan fingerprint density at radius 2 is 1.95 bits per heavy atom. The summed E-state index contributed by atoms with van der Waals surface area (Å²) in [6.45, 7) is 0.304. The number of benzene rings is 2. The van der Waals surface area contributed by atoms with Crippen molar-refractivity contribution in [3.63, 3.8) is 0 Å². The van der Waals surface area contributed by atoms with Gasteiger partial charge in [0.05, 0.1) is 7.11 Å². The molecule has 0 fully saturated rings. The van der Waals surface area contributed by atoms with Gasteiger partial charge in [-0.25, -0.2) is 4.39 Å². The van der Waals surface area contributed by atoms with Gasteiger partial charge in [-0.3, -0.25) is 0 Å². The molecule has 0 N–H and O–H groups in total. The number of rotatable bonds is 5. The zero-order valence-corrected chi connectivity index (χ0v) is 12.1. The summed E-state index contributed by atoms with van der Waals surface area (Å²) in [4.78, 5) is 0. The molecule has 19 heavy (non-hydrogen) atoms. The average molecular weight is 325 g/mol. The second-order valence-electron chi connectivity index (χ2n) is 4.00. The number of para-hydroxylation sites is 1. The van der Waals surface area contributed by atoms with Crippen LogP contribution < -0.4 is 9.47 Å². The van der Waals surface area contributed by atoms with E-state index in [1.54, 1.807) is 13.2 Å². The molecular formula is C15H14BrFO2. The summed E-state index contributed by atoms with van der Waals surface area (Å²) in [5.74, 6) is 0.706. The predicted molar refractivity (Wildman–Crippen MR) is 76.4 cm³/mol.